The first-order valence-corrected chi connectivity index (χ1v) is 4.08. The Balaban J connectivity index is 3.92. The first kappa shape index (κ1) is 10.9. The average Bonchev–Trinajstić information content (AvgIpc) is 1.84. The zero-order chi connectivity index (χ0) is 9.02. The van der Waals surface area contributed by atoms with Gasteiger partial charge in [-0.1, -0.05) is 13.8 Å². The Hall–Kier alpha value is -0.0800. The van der Waals surface area contributed by atoms with E-state index in [-0.39, 0.29) is 18.3 Å². The number of carbonyl (C=O) groups excluding carboxylic acids is 2. The smallest absolute Gasteiger partial charge is 0.224 e. The summed E-state index contributed by atoms with van der Waals surface area (Å²) >= 11 is 10.3. The van der Waals surface area contributed by atoms with Crippen LogP contribution in [0.4, 0.5) is 0 Å². The van der Waals surface area contributed by atoms with E-state index in [2.05, 4.69) is 0 Å². The molecule has 0 amide bonds. The summed E-state index contributed by atoms with van der Waals surface area (Å²) in [6.07, 6.45) is 0.196. The number of carbonyl (C=O) groups is 2. The standard InChI is InChI=1S/C7H10Cl2O2/c1-4(3-6(8)10)5(2)7(9)11/h4-5H,3H2,1-2H3. The van der Waals surface area contributed by atoms with Crippen molar-refractivity contribution in [2.45, 2.75) is 20.3 Å². The molecule has 0 saturated carbocycles. The first-order valence-electron chi connectivity index (χ1n) is 3.32. The van der Waals surface area contributed by atoms with Gasteiger partial charge in [0.25, 0.3) is 0 Å². The molecular formula is C7H10Cl2O2. The molecule has 0 bridgehead atoms. The summed E-state index contributed by atoms with van der Waals surface area (Å²) in [5.41, 5.74) is 0. The van der Waals surface area contributed by atoms with Gasteiger partial charge in [0, 0.05) is 12.3 Å². The second-order valence-electron chi connectivity index (χ2n) is 2.63. The van der Waals surface area contributed by atoms with Crippen molar-refractivity contribution in [1.82, 2.24) is 0 Å². The molecule has 2 unspecified atom stereocenters. The summed E-state index contributed by atoms with van der Waals surface area (Å²) in [4.78, 5) is 21.0. The summed E-state index contributed by atoms with van der Waals surface area (Å²) in [6.45, 7) is 3.45. The fourth-order valence-corrected chi connectivity index (χ4v) is 1.11. The molecule has 0 aliphatic carbocycles. The SMILES string of the molecule is CC(CC(=O)Cl)C(C)C(=O)Cl. The average molecular weight is 197 g/mol. The van der Waals surface area contributed by atoms with Crippen molar-refractivity contribution in [3.63, 3.8) is 0 Å². The third kappa shape index (κ3) is 4.38. The van der Waals surface area contributed by atoms with Crippen LogP contribution in [-0.4, -0.2) is 10.5 Å². The largest absolute Gasteiger partial charge is 0.281 e. The minimum Gasteiger partial charge on any atom is -0.281 e. The van der Waals surface area contributed by atoms with Gasteiger partial charge in [-0.15, -0.1) is 0 Å². The van der Waals surface area contributed by atoms with Crippen molar-refractivity contribution in [3.05, 3.63) is 0 Å². The van der Waals surface area contributed by atoms with E-state index < -0.39 is 10.5 Å². The molecule has 0 spiro atoms. The summed E-state index contributed by atoms with van der Waals surface area (Å²) in [6, 6.07) is 0. The molecule has 0 aliphatic rings. The van der Waals surface area contributed by atoms with Gasteiger partial charge in [0.05, 0.1) is 0 Å². The molecule has 4 heteroatoms. The summed E-state index contributed by atoms with van der Waals surface area (Å²) in [5, 5.41) is -0.849. The predicted molar refractivity (Wildman–Crippen MR) is 44.7 cm³/mol. The molecule has 11 heavy (non-hydrogen) atoms. The molecule has 0 aromatic carbocycles. The maximum absolute atomic E-state index is 10.6. The van der Waals surface area contributed by atoms with Gasteiger partial charge in [0.1, 0.15) is 0 Å². The van der Waals surface area contributed by atoms with Gasteiger partial charge in [-0.2, -0.15) is 0 Å². The highest BCUT2D eigenvalue weighted by Gasteiger charge is 2.19. The minimum atomic E-state index is -0.428. The van der Waals surface area contributed by atoms with E-state index in [0.717, 1.165) is 0 Å². The van der Waals surface area contributed by atoms with E-state index in [1.165, 1.54) is 0 Å². The first-order chi connectivity index (χ1) is 4.95. The van der Waals surface area contributed by atoms with Crippen LogP contribution in [0.15, 0.2) is 0 Å². The lowest BCUT2D eigenvalue weighted by Gasteiger charge is -2.12. The van der Waals surface area contributed by atoms with Gasteiger partial charge in [0.15, 0.2) is 0 Å². The monoisotopic (exact) mass is 196 g/mol. The van der Waals surface area contributed by atoms with Gasteiger partial charge in [0.2, 0.25) is 10.5 Å². The van der Waals surface area contributed by atoms with E-state index in [9.17, 15) is 9.59 Å². The number of rotatable bonds is 4. The van der Waals surface area contributed by atoms with Crippen molar-refractivity contribution in [1.29, 1.82) is 0 Å². The Bertz CT molecular complexity index is 168. The van der Waals surface area contributed by atoms with E-state index in [1.807, 2.05) is 0 Å². The fourth-order valence-electron chi connectivity index (χ4n) is 0.654. The Labute approximate surface area is 75.9 Å². The Morgan fingerprint density at radius 1 is 1.27 bits per heavy atom. The van der Waals surface area contributed by atoms with Crippen molar-refractivity contribution in [3.8, 4) is 0 Å². The molecule has 0 aromatic rings. The Kier molecular flexibility index (Phi) is 4.69. The Morgan fingerprint density at radius 2 is 1.73 bits per heavy atom. The van der Waals surface area contributed by atoms with Crippen molar-refractivity contribution in [2.24, 2.45) is 11.8 Å². The van der Waals surface area contributed by atoms with Gasteiger partial charge in [-0.05, 0) is 29.1 Å². The van der Waals surface area contributed by atoms with Crippen molar-refractivity contribution >= 4 is 33.7 Å². The van der Waals surface area contributed by atoms with Gasteiger partial charge >= 0.3 is 0 Å². The molecule has 0 fully saturated rings. The quantitative estimate of drug-likeness (QED) is 0.647. The molecule has 0 radical (unpaired) electrons. The highest BCUT2D eigenvalue weighted by Crippen LogP contribution is 2.18. The fraction of sp³-hybridized carbons (Fsp3) is 0.714. The van der Waals surface area contributed by atoms with Gasteiger partial charge in [-0.25, -0.2) is 0 Å². The van der Waals surface area contributed by atoms with Crippen LogP contribution in [0, 0.1) is 11.8 Å². The van der Waals surface area contributed by atoms with Crippen LogP contribution in [-0.2, 0) is 9.59 Å². The summed E-state index contributed by atoms with van der Waals surface area (Å²) in [5.74, 6) is -0.385. The molecule has 0 heterocycles. The lowest BCUT2D eigenvalue weighted by molar-refractivity contribution is -0.117. The molecular weight excluding hydrogens is 187 g/mol. The molecule has 0 saturated heterocycles. The summed E-state index contributed by atoms with van der Waals surface area (Å²) < 4.78 is 0. The maximum Gasteiger partial charge on any atom is 0.224 e. The molecule has 0 aliphatic heterocycles. The molecule has 64 valence electrons. The van der Waals surface area contributed by atoms with Crippen molar-refractivity contribution < 1.29 is 9.59 Å². The Morgan fingerprint density at radius 3 is 2.00 bits per heavy atom. The minimum absolute atomic E-state index is 0.0787. The second kappa shape index (κ2) is 4.73. The number of halogens is 2. The molecule has 2 atom stereocenters. The van der Waals surface area contributed by atoms with Crippen LogP contribution in [0.5, 0.6) is 0 Å². The van der Waals surface area contributed by atoms with Crippen molar-refractivity contribution in [2.75, 3.05) is 0 Å². The van der Waals surface area contributed by atoms with E-state index in [4.69, 9.17) is 23.2 Å². The van der Waals surface area contributed by atoms with Crippen LogP contribution in [0.2, 0.25) is 0 Å². The molecule has 2 nitrogen and oxygen atoms in total. The third-order valence-electron chi connectivity index (χ3n) is 1.69. The van der Waals surface area contributed by atoms with Gasteiger partial charge < -0.3 is 0 Å². The molecule has 0 rings (SSSR count). The molecule has 0 N–H and O–H groups in total. The normalized spacial score (nSPS) is 15.6. The van der Waals surface area contributed by atoms with Crippen LogP contribution in [0.3, 0.4) is 0 Å². The lowest BCUT2D eigenvalue weighted by atomic mass is 9.95. The number of hydrogen-bond donors (Lipinski definition) is 0. The second-order valence-corrected chi connectivity index (χ2v) is 3.42. The van der Waals surface area contributed by atoms with E-state index in [0.29, 0.717) is 0 Å². The zero-order valence-electron chi connectivity index (χ0n) is 6.43. The van der Waals surface area contributed by atoms with E-state index in [1.54, 1.807) is 13.8 Å². The predicted octanol–water partition coefficient (Wildman–Crippen LogP) is 2.18. The van der Waals surface area contributed by atoms with E-state index >= 15 is 0 Å². The summed E-state index contributed by atoms with van der Waals surface area (Å²) in [7, 11) is 0. The van der Waals surface area contributed by atoms with Crippen LogP contribution < -0.4 is 0 Å². The van der Waals surface area contributed by atoms with Crippen LogP contribution in [0.1, 0.15) is 20.3 Å². The van der Waals surface area contributed by atoms with Crippen LogP contribution >= 0.6 is 23.2 Å². The number of hydrogen-bond acceptors (Lipinski definition) is 2. The highest BCUT2D eigenvalue weighted by molar-refractivity contribution is 6.64. The lowest BCUT2D eigenvalue weighted by Crippen LogP contribution is -2.16. The third-order valence-corrected chi connectivity index (χ3v) is 2.19. The molecule has 0 aromatic heterocycles. The topological polar surface area (TPSA) is 34.1 Å². The highest BCUT2D eigenvalue weighted by atomic mass is 35.5. The van der Waals surface area contributed by atoms with Crippen LogP contribution in [0.25, 0.3) is 0 Å². The maximum atomic E-state index is 10.6. The van der Waals surface area contributed by atoms with Gasteiger partial charge in [-0.3, -0.25) is 9.59 Å². The zero-order valence-corrected chi connectivity index (χ0v) is 7.95.